The topological polar surface area (TPSA) is 36.1 Å². The number of nitrogens with one attached hydrogen (secondary N) is 1. The Morgan fingerprint density at radius 3 is 3.00 bits per heavy atom. The molecule has 0 spiro atoms. The maximum atomic E-state index is 13.3. The van der Waals surface area contributed by atoms with E-state index in [0.717, 1.165) is 28.6 Å². The van der Waals surface area contributed by atoms with Gasteiger partial charge < -0.3 is 9.88 Å². The number of anilines is 1. The monoisotopic (exact) mass is 308 g/mol. The number of carbonyl (C=O) groups excluding carboxylic acids is 1. The second kappa shape index (κ2) is 5.23. The van der Waals surface area contributed by atoms with E-state index in [1.54, 1.807) is 12.3 Å². The molecule has 1 N–H and O–H groups in total. The average molecular weight is 308 g/mol. The van der Waals surface area contributed by atoms with Crippen LogP contribution in [0.2, 0.25) is 0 Å². The molecule has 1 amide bonds. The summed E-state index contributed by atoms with van der Waals surface area (Å²) in [6.07, 6.45) is 3.00. The molecule has 0 saturated carbocycles. The minimum absolute atomic E-state index is 0.0766. The van der Waals surface area contributed by atoms with Gasteiger partial charge in [0, 0.05) is 28.8 Å². The zero-order valence-corrected chi connectivity index (χ0v) is 12.8. The van der Waals surface area contributed by atoms with Crippen molar-refractivity contribution in [3.05, 3.63) is 65.6 Å². The van der Waals surface area contributed by atoms with Crippen molar-refractivity contribution in [2.75, 3.05) is 4.90 Å². The van der Waals surface area contributed by atoms with E-state index in [4.69, 9.17) is 0 Å². The highest BCUT2D eigenvalue weighted by Gasteiger charge is 2.30. The number of fused-ring (bicyclic) bond motifs is 2. The number of para-hydroxylation sites is 1. The quantitative estimate of drug-likeness (QED) is 0.767. The Hall–Kier alpha value is -2.62. The van der Waals surface area contributed by atoms with Gasteiger partial charge in [0.15, 0.2) is 0 Å². The number of carbonyl (C=O) groups is 1. The summed E-state index contributed by atoms with van der Waals surface area (Å²) in [6, 6.07) is 12.8. The van der Waals surface area contributed by atoms with Crippen molar-refractivity contribution >= 4 is 22.5 Å². The highest BCUT2D eigenvalue weighted by molar-refractivity contribution is 5.99. The van der Waals surface area contributed by atoms with Crippen LogP contribution < -0.4 is 4.90 Å². The molecular weight excluding hydrogens is 291 g/mol. The van der Waals surface area contributed by atoms with Gasteiger partial charge >= 0.3 is 0 Å². The van der Waals surface area contributed by atoms with Crippen molar-refractivity contribution in [2.45, 2.75) is 25.8 Å². The van der Waals surface area contributed by atoms with Crippen LogP contribution in [0.1, 0.15) is 18.1 Å². The molecule has 0 radical (unpaired) electrons. The van der Waals surface area contributed by atoms with Crippen LogP contribution in [0.25, 0.3) is 10.9 Å². The van der Waals surface area contributed by atoms with Crippen LogP contribution in [-0.2, 0) is 17.6 Å². The third-order valence-corrected chi connectivity index (χ3v) is 4.55. The Kier molecular flexibility index (Phi) is 3.18. The fourth-order valence-electron chi connectivity index (χ4n) is 3.50. The predicted octanol–water partition coefficient (Wildman–Crippen LogP) is 3.83. The van der Waals surface area contributed by atoms with Crippen LogP contribution in [0, 0.1) is 5.82 Å². The summed E-state index contributed by atoms with van der Waals surface area (Å²) in [4.78, 5) is 17.8. The van der Waals surface area contributed by atoms with E-state index in [-0.39, 0.29) is 17.8 Å². The SMILES string of the molecule is CC1Cc2ccccc2N1C(=O)Cc1c[nH]c2cc(F)ccc12. The number of nitrogens with zero attached hydrogens (tertiary/aromatic N) is 1. The van der Waals surface area contributed by atoms with Crippen molar-refractivity contribution in [1.29, 1.82) is 0 Å². The Morgan fingerprint density at radius 1 is 1.30 bits per heavy atom. The molecule has 4 heteroatoms. The summed E-state index contributed by atoms with van der Waals surface area (Å²) in [5, 5.41) is 0.903. The lowest BCUT2D eigenvalue weighted by Gasteiger charge is -2.22. The lowest BCUT2D eigenvalue weighted by Crippen LogP contribution is -2.36. The molecule has 0 fully saturated rings. The summed E-state index contributed by atoms with van der Waals surface area (Å²) >= 11 is 0. The van der Waals surface area contributed by atoms with E-state index in [2.05, 4.69) is 18.0 Å². The molecule has 1 atom stereocenters. The van der Waals surface area contributed by atoms with E-state index >= 15 is 0 Å². The highest BCUT2D eigenvalue weighted by Crippen LogP contribution is 2.32. The van der Waals surface area contributed by atoms with Crippen LogP contribution in [0.3, 0.4) is 0 Å². The lowest BCUT2D eigenvalue weighted by atomic mass is 10.1. The first-order valence-corrected chi connectivity index (χ1v) is 7.79. The minimum atomic E-state index is -0.278. The summed E-state index contributed by atoms with van der Waals surface area (Å²) in [5.41, 5.74) is 3.86. The van der Waals surface area contributed by atoms with Gasteiger partial charge in [0.1, 0.15) is 5.82 Å². The zero-order chi connectivity index (χ0) is 16.0. The fourth-order valence-corrected chi connectivity index (χ4v) is 3.50. The molecule has 4 rings (SSSR count). The van der Waals surface area contributed by atoms with Crippen LogP contribution in [0.15, 0.2) is 48.7 Å². The molecule has 1 aliphatic heterocycles. The summed E-state index contributed by atoms with van der Waals surface area (Å²) < 4.78 is 13.3. The number of rotatable bonds is 2. The van der Waals surface area contributed by atoms with Crippen molar-refractivity contribution in [3.63, 3.8) is 0 Å². The average Bonchev–Trinajstić information content (AvgIpc) is 3.07. The number of hydrogen-bond donors (Lipinski definition) is 1. The smallest absolute Gasteiger partial charge is 0.231 e. The molecule has 3 aromatic rings. The van der Waals surface area contributed by atoms with Gasteiger partial charge in [-0.05, 0) is 48.7 Å². The number of hydrogen-bond acceptors (Lipinski definition) is 1. The van der Waals surface area contributed by atoms with E-state index in [1.807, 2.05) is 23.1 Å². The van der Waals surface area contributed by atoms with Crippen molar-refractivity contribution in [1.82, 2.24) is 4.98 Å². The lowest BCUT2D eigenvalue weighted by molar-refractivity contribution is -0.118. The first-order valence-electron chi connectivity index (χ1n) is 7.79. The zero-order valence-electron chi connectivity index (χ0n) is 12.8. The van der Waals surface area contributed by atoms with Gasteiger partial charge in [-0.15, -0.1) is 0 Å². The van der Waals surface area contributed by atoms with Gasteiger partial charge in [-0.25, -0.2) is 4.39 Å². The van der Waals surface area contributed by atoms with Gasteiger partial charge in [0.25, 0.3) is 0 Å². The van der Waals surface area contributed by atoms with Gasteiger partial charge in [-0.3, -0.25) is 4.79 Å². The van der Waals surface area contributed by atoms with Crippen LogP contribution >= 0.6 is 0 Å². The summed E-state index contributed by atoms with van der Waals surface area (Å²) in [6.45, 7) is 2.07. The Morgan fingerprint density at radius 2 is 2.13 bits per heavy atom. The normalized spacial score (nSPS) is 16.8. The maximum absolute atomic E-state index is 13.3. The predicted molar refractivity (Wildman–Crippen MR) is 89.1 cm³/mol. The first-order chi connectivity index (χ1) is 11.1. The second-order valence-corrected chi connectivity index (χ2v) is 6.13. The molecule has 1 aromatic heterocycles. The van der Waals surface area contributed by atoms with E-state index in [9.17, 15) is 9.18 Å². The van der Waals surface area contributed by atoms with Crippen molar-refractivity contribution in [3.8, 4) is 0 Å². The van der Waals surface area contributed by atoms with Gasteiger partial charge in [-0.1, -0.05) is 18.2 Å². The van der Waals surface area contributed by atoms with Gasteiger partial charge in [0.2, 0.25) is 5.91 Å². The molecule has 0 saturated heterocycles. The second-order valence-electron chi connectivity index (χ2n) is 6.13. The number of halogens is 1. The number of amides is 1. The van der Waals surface area contributed by atoms with Crippen molar-refractivity contribution in [2.24, 2.45) is 0 Å². The minimum Gasteiger partial charge on any atom is -0.361 e. The van der Waals surface area contributed by atoms with Crippen LogP contribution in [0.4, 0.5) is 10.1 Å². The number of aromatic amines is 1. The Balaban J connectivity index is 1.65. The molecule has 2 heterocycles. The molecule has 1 aliphatic rings. The third kappa shape index (κ3) is 2.31. The van der Waals surface area contributed by atoms with Crippen LogP contribution in [0.5, 0.6) is 0 Å². The number of aromatic nitrogens is 1. The molecule has 0 aliphatic carbocycles. The molecule has 3 nitrogen and oxygen atoms in total. The molecule has 2 aromatic carbocycles. The first kappa shape index (κ1) is 14.0. The maximum Gasteiger partial charge on any atom is 0.231 e. The fraction of sp³-hybridized carbons (Fsp3) is 0.211. The summed E-state index contributed by atoms with van der Waals surface area (Å²) in [7, 11) is 0. The molecule has 116 valence electrons. The van der Waals surface area contributed by atoms with Gasteiger partial charge in [0.05, 0.1) is 6.42 Å². The Labute approximate surface area is 133 Å². The van der Waals surface area contributed by atoms with E-state index in [1.165, 1.54) is 17.7 Å². The standard InChI is InChI=1S/C19H17FN2O/c1-12-8-13-4-2-3-5-18(13)22(12)19(23)9-14-11-21-17-10-15(20)6-7-16(14)17/h2-7,10-12,21H,8-9H2,1H3. The van der Waals surface area contributed by atoms with E-state index < -0.39 is 0 Å². The molecular formula is C19H17FN2O. The Bertz CT molecular complexity index is 899. The molecule has 1 unspecified atom stereocenters. The number of H-pyrrole nitrogens is 1. The van der Waals surface area contributed by atoms with Crippen molar-refractivity contribution < 1.29 is 9.18 Å². The third-order valence-electron chi connectivity index (χ3n) is 4.55. The van der Waals surface area contributed by atoms with E-state index in [0.29, 0.717) is 6.42 Å². The number of benzene rings is 2. The van der Waals surface area contributed by atoms with Gasteiger partial charge in [-0.2, -0.15) is 0 Å². The highest BCUT2D eigenvalue weighted by atomic mass is 19.1. The molecule has 23 heavy (non-hydrogen) atoms. The van der Waals surface area contributed by atoms with Crippen LogP contribution in [-0.4, -0.2) is 16.9 Å². The molecule has 0 bridgehead atoms. The summed E-state index contributed by atoms with van der Waals surface area (Å²) in [5.74, 6) is -0.202. The largest absolute Gasteiger partial charge is 0.361 e.